The van der Waals surface area contributed by atoms with Gasteiger partial charge in [0.05, 0.1) is 17.2 Å². The minimum Gasteiger partial charge on any atom is -0.495 e. The van der Waals surface area contributed by atoms with Crippen LogP contribution < -0.4 is 10.1 Å². The smallest absolute Gasteiger partial charge is 0.244 e. The summed E-state index contributed by atoms with van der Waals surface area (Å²) in [4.78, 5) is 0.0101. The van der Waals surface area contributed by atoms with E-state index in [1.165, 1.54) is 23.5 Å². The zero-order valence-corrected chi connectivity index (χ0v) is 14.4. The first-order valence-corrected chi connectivity index (χ1v) is 8.77. The molecule has 0 saturated carbocycles. The second kappa shape index (κ2) is 6.30. The minimum atomic E-state index is -3.70. The summed E-state index contributed by atoms with van der Waals surface area (Å²) in [5.41, 5.74) is 0. The molecular weight excluding hydrogens is 335 g/mol. The lowest BCUT2D eigenvalue weighted by molar-refractivity contribution is 0.233. The normalized spacial score (nSPS) is 24.0. The van der Waals surface area contributed by atoms with Crippen molar-refractivity contribution >= 4 is 33.2 Å². The van der Waals surface area contributed by atoms with Crippen molar-refractivity contribution in [2.45, 2.75) is 30.8 Å². The summed E-state index contributed by atoms with van der Waals surface area (Å²) in [7, 11) is -2.25. The third-order valence-electron chi connectivity index (χ3n) is 3.77. The highest BCUT2D eigenvalue weighted by molar-refractivity contribution is 7.89. The van der Waals surface area contributed by atoms with Crippen molar-refractivity contribution in [3.63, 3.8) is 0 Å². The zero-order valence-electron chi connectivity index (χ0n) is 12.1. The fourth-order valence-corrected chi connectivity index (χ4v) is 4.88. The van der Waals surface area contributed by atoms with Crippen LogP contribution in [-0.4, -0.2) is 45.0 Å². The van der Waals surface area contributed by atoms with Crippen LogP contribution in [0.15, 0.2) is 17.0 Å². The van der Waals surface area contributed by atoms with Crippen LogP contribution in [0.5, 0.6) is 5.75 Å². The molecule has 118 valence electrons. The molecule has 0 radical (unpaired) electrons. The van der Waals surface area contributed by atoms with Gasteiger partial charge in [0.2, 0.25) is 10.0 Å². The molecule has 1 aromatic rings. The lowest BCUT2D eigenvalue weighted by Crippen LogP contribution is -2.57. The Labute approximate surface area is 135 Å². The summed E-state index contributed by atoms with van der Waals surface area (Å²) in [5.74, 6) is 0.349. The Bertz CT molecular complexity index is 637. The van der Waals surface area contributed by atoms with Gasteiger partial charge >= 0.3 is 0 Å². The van der Waals surface area contributed by atoms with E-state index in [4.69, 9.17) is 27.9 Å². The highest BCUT2D eigenvalue weighted by Crippen LogP contribution is 2.35. The molecule has 1 heterocycles. The van der Waals surface area contributed by atoms with Crippen molar-refractivity contribution in [2.24, 2.45) is 0 Å². The molecule has 1 N–H and O–H groups in total. The molecule has 1 fully saturated rings. The van der Waals surface area contributed by atoms with Crippen LogP contribution >= 0.6 is 23.2 Å². The number of nitrogens with one attached hydrogen (secondary N) is 1. The van der Waals surface area contributed by atoms with Gasteiger partial charge in [0.15, 0.2) is 0 Å². The molecule has 2 rings (SSSR count). The molecule has 0 aromatic heterocycles. The quantitative estimate of drug-likeness (QED) is 0.907. The standard InChI is InChI=1S/C13H18Cl2N2O3S/c1-8-9(2)17(5-4-16-8)21(18,19)13-7-10(14)12(20-3)6-11(13)15/h6-9,16H,4-5H2,1-3H3. The molecule has 8 heteroatoms. The van der Waals surface area contributed by atoms with Gasteiger partial charge in [-0.3, -0.25) is 0 Å². The van der Waals surface area contributed by atoms with Crippen LogP contribution in [0.4, 0.5) is 0 Å². The van der Waals surface area contributed by atoms with Gasteiger partial charge in [-0.15, -0.1) is 0 Å². The van der Waals surface area contributed by atoms with E-state index in [1.807, 2.05) is 13.8 Å². The van der Waals surface area contributed by atoms with Gasteiger partial charge in [-0.1, -0.05) is 23.2 Å². The van der Waals surface area contributed by atoms with Gasteiger partial charge < -0.3 is 10.1 Å². The Morgan fingerprint density at radius 3 is 2.57 bits per heavy atom. The monoisotopic (exact) mass is 352 g/mol. The highest BCUT2D eigenvalue weighted by Gasteiger charge is 2.35. The molecule has 0 bridgehead atoms. The maximum absolute atomic E-state index is 12.8. The van der Waals surface area contributed by atoms with Gasteiger partial charge in [-0.2, -0.15) is 4.31 Å². The fraction of sp³-hybridized carbons (Fsp3) is 0.538. The van der Waals surface area contributed by atoms with Crippen molar-refractivity contribution < 1.29 is 13.2 Å². The fourth-order valence-electron chi connectivity index (χ4n) is 2.36. The Morgan fingerprint density at radius 2 is 1.95 bits per heavy atom. The van der Waals surface area contributed by atoms with E-state index in [0.29, 0.717) is 18.8 Å². The van der Waals surface area contributed by atoms with Crippen LogP contribution in [0.25, 0.3) is 0 Å². The average Bonchev–Trinajstić information content (AvgIpc) is 2.43. The van der Waals surface area contributed by atoms with E-state index in [1.54, 1.807) is 0 Å². The number of benzene rings is 1. The summed E-state index contributed by atoms with van der Waals surface area (Å²) >= 11 is 12.1. The summed E-state index contributed by atoms with van der Waals surface area (Å²) in [6.07, 6.45) is 0. The molecule has 1 aliphatic heterocycles. The second-order valence-electron chi connectivity index (χ2n) is 5.02. The predicted molar refractivity (Wildman–Crippen MR) is 83.8 cm³/mol. The van der Waals surface area contributed by atoms with E-state index in [0.717, 1.165) is 0 Å². The second-order valence-corrected chi connectivity index (χ2v) is 7.69. The van der Waals surface area contributed by atoms with E-state index in [9.17, 15) is 8.42 Å². The average molecular weight is 353 g/mol. The van der Waals surface area contributed by atoms with E-state index in [-0.39, 0.29) is 27.0 Å². The predicted octanol–water partition coefficient (Wildman–Crippen LogP) is 2.37. The Balaban J connectivity index is 2.47. The molecular formula is C13H18Cl2N2O3S. The topological polar surface area (TPSA) is 58.6 Å². The molecule has 5 nitrogen and oxygen atoms in total. The van der Waals surface area contributed by atoms with E-state index in [2.05, 4.69) is 5.32 Å². The molecule has 0 amide bonds. The summed E-state index contributed by atoms with van der Waals surface area (Å²) in [6.45, 7) is 4.82. The SMILES string of the molecule is COc1cc(Cl)c(S(=O)(=O)N2CCNC(C)C2C)cc1Cl. The maximum atomic E-state index is 12.8. The summed E-state index contributed by atoms with van der Waals surface area (Å²) < 4.78 is 32.2. The number of piperazine rings is 1. The van der Waals surface area contributed by atoms with Crippen molar-refractivity contribution in [3.05, 3.63) is 22.2 Å². The number of halogens is 2. The Morgan fingerprint density at radius 1 is 1.29 bits per heavy atom. The molecule has 2 atom stereocenters. The first-order chi connectivity index (χ1) is 9.78. The Hall–Kier alpha value is -0.530. The van der Waals surface area contributed by atoms with Gasteiger partial charge in [0, 0.05) is 31.2 Å². The largest absolute Gasteiger partial charge is 0.495 e. The number of hydrogen-bond acceptors (Lipinski definition) is 4. The molecule has 2 unspecified atom stereocenters. The van der Waals surface area contributed by atoms with Crippen LogP contribution in [0.1, 0.15) is 13.8 Å². The number of ether oxygens (including phenoxy) is 1. The molecule has 1 saturated heterocycles. The number of sulfonamides is 1. The van der Waals surface area contributed by atoms with Gasteiger partial charge in [0.25, 0.3) is 0 Å². The van der Waals surface area contributed by atoms with E-state index < -0.39 is 10.0 Å². The first-order valence-electron chi connectivity index (χ1n) is 6.57. The number of methoxy groups -OCH3 is 1. The van der Waals surface area contributed by atoms with Crippen LogP contribution in [0, 0.1) is 0 Å². The van der Waals surface area contributed by atoms with Gasteiger partial charge in [-0.25, -0.2) is 8.42 Å². The third-order valence-corrected chi connectivity index (χ3v) is 6.52. The number of nitrogens with zero attached hydrogens (tertiary/aromatic N) is 1. The summed E-state index contributed by atoms with van der Waals surface area (Å²) in [6, 6.07) is 2.67. The van der Waals surface area contributed by atoms with Crippen molar-refractivity contribution in [1.82, 2.24) is 9.62 Å². The van der Waals surface area contributed by atoms with Crippen LogP contribution in [-0.2, 0) is 10.0 Å². The highest BCUT2D eigenvalue weighted by atomic mass is 35.5. The number of rotatable bonds is 3. The van der Waals surface area contributed by atoms with Gasteiger partial charge in [-0.05, 0) is 19.9 Å². The number of hydrogen-bond donors (Lipinski definition) is 1. The molecule has 1 aliphatic rings. The van der Waals surface area contributed by atoms with Crippen LogP contribution in [0.3, 0.4) is 0 Å². The molecule has 0 spiro atoms. The minimum absolute atomic E-state index is 0.0101. The zero-order chi connectivity index (χ0) is 15.8. The lowest BCUT2D eigenvalue weighted by atomic mass is 10.1. The van der Waals surface area contributed by atoms with Crippen molar-refractivity contribution in [1.29, 1.82) is 0 Å². The maximum Gasteiger partial charge on any atom is 0.244 e. The molecule has 0 aliphatic carbocycles. The molecule has 1 aromatic carbocycles. The van der Waals surface area contributed by atoms with Gasteiger partial charge in [0.1, 0.15) is 10.6 Å². The third kappa shape index (κ3) is 3.14. The van der Waals surface area contributed by atoms with Crippen molar-refractivity contribution in [3.8, 4) is 5.75 Å². The van der Waals surface area contributed by atoms with E-state index >= 15 is 0 Å². The van der Waals surface area contributed by atoms with Crippen LogP contribution in [0.2, 0.25) is 10.0 Å². The van der Waals surface area contributed by atoms with Crippen molar-refractivity contribution in [2.75, 3.05) is 20.2 Å². The summed E-state index contributed by atoms with van der Waals surface area (Å²) in [5, 5.41) is 3.57. The Kier molecular flexibility index (Phi) is 5.05. The first kappa shape index (κ1) is 16.8. The molecule has 21 heavy (non-hydrogen) atoms. The lowest BCUT2D eigenvalue weighted by Gasteiger charge is -2.37.